The lowest BCUT2D eigenvalue weighted by molar-refractivity contribution is -0.140. The summed E-state index contributed by atoms with van der Waals surface area (Å²) in [6, 6.07) is 9.11. The van der Waals surface area contributed by atoms with Crippen molar-refractivity contribution in [2.75, 3.05) is 19.7 Å². The minimum atomic E-state index is -0.369. The molecule has 1 fully saturated rings. The van der Waals surface area contributed by atoms with Crippen LogP contribution in [0.15, 0.2) is 35.7 Å². The van der Waals surface area contributed by atoms with Gasteiger partial charge in [-0.1, -0.05) is 13.0 Å². The number of carbonyl (C=O) groups excluding carboxylic acids is 3. The first kappa shape index (κ1) is 24.0. The molecule has 0 bridgehead atoms. The fourth-order valence-electron chi connectivity index (χ4n) is 4.57. The number of carbonyl (C=O) groups is 3. The minimum Gasteiger partial charge on any atom is -0.462 e. The molecule has 1 saturated heterocycles. The van der Waals surface area contributed by atoms with E-state index in [1.165, 1.54) is 11.3 Å². The number of esters is 2. The molecule has 8 heteroatoms. The second-order valence-corrected chi connectivity index (χ2v) is 9.42. The Morgan fingerprint density at radius 3 is 2.53 bits per heavy atom. The van der Waals surface area contributed by atoms with Crippen molar-refractivity contribution in [3.05, 3.63) is 51.8 Å². The number of amides is 1. The van der Waals surface area contributed by atoms with Crippen LogP contribution in [0.25, 0.3) is 10.9 Å². The molecular weight excluding hydrogens is 452 g/mol. The molecule has 1 aliphatic heterocycles. The van der Waals surface area contributed by atoms with Gasteiger partial charge >= 0.3 is 11.9 Å². The summed E-state index contributed by atoms with van der Waals surface area (Å²) in [5, 5.41) is 2.62. The van der Waals surface area contributed by atoms with Crippen LogP contribution in [-0.2, 0) is 16.1 Å². The summed E-state index contributed by atoms with van der Waals surface area (Å²) in [4.78, 5) is 40.6. The molecule has 0 aliphatic carbocycles. The number of fused-ring (bicyclic) bond motifs is 1. The molecule has 0 spiro atoms. The van der Waals surface area contributed by atoms with Crippen molar-refractivity contribution >= 4 is 40.1 Å². The van der Waals surface area contributed by atoms with Gasteiger partial charge in [0, 0.05) is 36.2 Å². The predicted molar refractivity (Wildman–Crippen MR) is 132 cm³/mol. The highest BCUT2D eigenvalue weighted by molar-refractivity contribution is 7.12. The van der Waals surface area contributed by atoms with E-state index in [1.807, 2.05) is 30.5 Å². The lowest BCUT2D eigenvalue weighted by Gasteiger charge is -2.30. The molecular formula is C26H30N2O5S. The Bertz CT molecular complexity index is 1190. The Morgan fingerprint density at radius 2 is 1.88 bits per heavy atom. The third-order valence-electron chi connectivity index (χ3n) is 6.29. The second kappa shape index (κ2) is 10.4. The van der Waals surface area contributed by atoms with E-state index in [4.69, 9.17) is 9.47 Å². The van der Waals surface area contributed by atoms with E-state index in [9.17, 15) is 14.4 Å². The van der Waals surface area contributed by atoms with Crippen LogP contribution in [-0.4, -0.2) is 47.0 Å². The maximum atomic E-state index is 12.9. The van der Waals surface area contributed by atoms with Gasteiger partial charge in [-0.25, -0.2) is 4.79 Å². The summed E-state index contributed by atoms with van der Waals surface area (Å²) < 4.78 is 13.1. The number of piperidine rings is 1. The number of hydrogen-bond acceptors (Lipinski definition) is 6. The summed E-state index contributed by atoms with van der Waals surface area (Å²) in [5.74, 6) is -0.505. The first-order valence-electron chi connectivity index (χ1n) is 11.8. The van der Waals surface area contributed by atoms with Gasteiger partial charge in [0.25, 0.3) is 5.91 Å². The SMILES string of the molecule is CCCn1c(C)c(C(=O)OCC)c2cc(OC(=O)C3CCN(C(=O)c4cccs4)CC3)ccc21. The first-order valence-corrected chi connectivity index (χ1v) is 12.7. The van der Waals surface area contributed by atoms with Crippen LogP contribution in [0.5, 0.6) is 5.75 Å². The van der Waals surface area contributed by atoms with E-state index >= 15 is 0 Å². The molecule has 0 saturated carbocycles. The monoisotopic (exact) mass is 482 g/mol. The van der Waals surface area contributed by atoms with Crippen LogP contribution < -0.4 is 4.74 Å². The predicted octanol–water partition coefficient (Wildman–Crippen LogP) is 5.06. The number of nitrogens with zero attached hydrogens (tertiary/aromatic N) is 2. The molecule has 1 aliphatic rings. The van der Waals surface area contributed by atoms with Crippen LogP contribution in [0, 0.1) is 12.8 Å². The van der Waals surface area contributed by atoms with Gasteiger partial charge in [0.2, 0.25) is 0 Å². The second-order valence-electron chi connectivity index (χ2n) is 8.48. The number of thiophene rings is 1. The minimum absolute atomic E-state index is 0.0192. The number of ether oxygens (including phenoxy) is 2. The standard InChI is InChI=1S/C26H30N2O5S/c1-4-12-28-17(3)23(26(31)32-5-2)20-16-19(8-9-21(20)28)33-25(30)18-10-13-27(14-11-18)24(29)22-7-6-15-34-22/h6-9,15-16,18H,4-5,10-14H2,1-3H3. The average Bonchev–Trinajstić information content (AvgIpc) is 3.46. The highest BCUT2D eigenvalue weighted by atomic mass is 32.1. The van der Waals surface area contributed by atoms with Crippen molar-refractivity contribution in [2.45, 2.75) is 46.6 Å². The lowest BCUT2D eigenvalue weighted by atomic mass is 9.97. The number of benzene rings is 1. The zero-order valence-corrected chi connectivity index (χ0v) is 20.7. The highest BCUT2D eigenvalue weighted by Crippen LogP contribution is 2.31. The molecule has 1 amide bonds. The molecule has 7 nitrogen and oxygen atoms in total. The molecule has 0 atom stereocenters. The molecule has 4 rings (SSSR count). The molecule has 0 unspecified atom stereocenters. The van der Waals surface area contributed by atoms with Gasteiger partial charge in [-0.05, 0) is 62.8 Å². The Morgan fingerprint density at radius 1 is 1.12 bits per heavy atom. The van der Waals surface area contributed by atoms with E-state index in [0.29, 0.717) is 43.9 Å². The van der Waals surface area contributed by atoms with Crippen LogP contribution in [0.3, 0.4) is 0 Å². The van der Waals surface area contributed by atoms with E-state index in [0.717, 1.165) is 34.4 Å². The third-order valence-corrected chi connectivity index (χ3v) is 7.15. The van der Waals surface area contributed by atoms with E-state index in [-0.39, 0.29) is 23.8 Å². The van der Waals surface area contributed by atoms with Gasteiger partial charge in [0.1, 0.15) is 5.75 Å². The van der Waals surface area contributed by atoms with Crippen molar-refractivity contribution in [3.63, 3.8) is 0 Å². The smallest absolute Gasteiger partial charge is 0.340 e. The lowest BCUT2D eigenvalue weighted by Crippen LogP contribution is -2.40. The van der Waals surface area contributed by atoms with Crippen molar-refractivity contribution < 1.29 is 23.9 Å². The van der Waals surface area contributed by atoms with Crippen molar-refractivity contribution in [2.24, 2.45) is 5.92 Å². The van der Waals surface area contributed by atoms with Gasteiger partial charge < -0.3 is 18.9 Å². The van der Waals surface area contributed by atoms with Gasteiger partial charge in [-0.15, -0.1) is 11.3 Å². The maximum Gasteiger partial charge on any atom is 0.340 e. The van der Waals surface area contributed by atoms with Crippen LogP contribution in [0.2, 0.25) is 0 Å². The molecule has 2 aromatic heterocycles. The highest BCUT2D eigenvalue weighted by Gasteiger charge is 2.30. The number of hydrogen-bond donors (Lipinski definition) is 0. The maximum absolute atomic E-state index is 12.9. The summed E-state index contributed by atoms with van der Waals surface area (Å²) in [5.41, 5.74) is 2.28. The Balaban J connectivity index is 1.49. The van der Waals surface area contributed by atoms with Crippen molar-refractivity contribution in [1.82, 2.24) is 9.47 Å². The van der Waals surface area contributed by atoms with Crippen LogP contribution in [0.4, 0.5) is 0 Å². The third kappa shape index (κ3) is 4.73. The van der Waals surface area contributed by atoms with Gasteiger partial charge in [-0.3, -0.25) is 9.59 Å². The summed E-state index contributed by atoms with van der Waals surface area (Å²) in [6.07, 6.45) is 2.06. The number of likely N-dealkylation sites (tertiary alicyclic amines) is 1. The Kier molecular flexibility index (Phi) is 7.36. The number of aromatic nitrogens is 1. The average molecular weight is 483 g/mol. The summed E-state index contributed by atoms with van der Waals surface area (Å²) in [7, 11) is 0. The molecule has 0 radical (unpaired) electrons. The molecule has 34 heavy (non-hydrogen) atoms. The molecule has 180 valence electrons. The van der Waals surface area contributed by atoms with E-state index < -0.39 is 0 Å². The molecule has 0 N–H and O–H groups in total. The zero-order chi connectivity index (χ0) is 24.2. The molecule has 1 aromatic carbocycles. The van der Waals surface area contributed by atoms with E-state index in [1.54, 1.807) is 24.0 Å². The van der Waals surface area contributed by atoms with Gasteiger partial charge in [0.05, 0.1) is 23.0 Å². The van der Waals surface area contributed by atoms with Crippen molar-refractivity contribution in [3.8, 4) is 5.75 Å². The van der Waals surface area contributed by atoms with Crippen molar-refractivity contribution in [1.29, 1.82) is 0 Å². The molecule has 3 aromatic rings. The topological polar surface area (TPSA) is 77.8 Å². The summed E-state index contributed by atoms with van der Waals surface area (Å²) >= 11 is 1.43. The van der Waals surface area contributed by atoms with Crippen LogP contribution in [0.1, 0.15) is 58.8 Å². The Hall–Kier alpha value is -3.13. The first-order chi connectivity index (χ1) is 16.4. The number of rotatable bonds is 7. The summed E-state index contributed by atoms with van der Waals surface area (Å²) in [6.45, 7) is 7.92. The van der Waals surface area contributed by atoms with E-state index in [2.05, 4.69) is 11.5 Å². The quantitative estimate of drug-likeness (QED) is 0.348. The number of aryl methyl sites for hydroxylation is 1. The fourth-order valence-corrected chi connectivity index (χ4v) is 5.26. The van der Waals surface area contributed by atoms with Gasteiger partial charge in [-0.2, -0.15) is 0 Å². The Labute approximate surface area is 203 Å². The zero-order valence-electron chi connectivity index (χ0n) is 19.8. The van der Waals surface area contributed by atoms with Gasteiger partial charge in [0.15, 0.2) is 0 Å². The normalized spacial score (nSPS) is 14.4. The fraction of sp³-hybridized carbons (Fsp3) is 0.423. The van der Waals surface area contributed by atoms with Crippen LogP contribution >= 0.6 is 11.3 Å². The molecule has 3 heterocycles. The largest absolute Gasteiger partial charge is 0.462 e.